The van der Waals surface area contributed by atoms with E-state index in [1.165, 1.54) is 6.07 Å². The summed E-state index contributed by atoms with van der Waals surface area (Å²) in [5, 5.41) is 8.96. The molecule has 0 spiro atoms. The van der Waals surface area contributed by atoms with Crippen LogP contribution in [0.25, 0.3) is 11.3 Å². The number of aliphatic hydroxyl groups excluding tert-OH is 1. The van der Waals surface area contributed by atoms with Gasteiger partial charge in [-0.25, -0.2) is 0 Å². The quantitative estimate of drug-likeness (QED) is 0.600. The monoisotopic (exact) mass is 336 g/mol. The molecule has 1 aromatic carbocycles. The first kappa shape index (κ1) is 17.2. The Morgan fingerprint density at radius 2 is 2.00 bits per heavy atom. The maximum absolute atomic E-state index is 11.8. The van der Waals surface area contributed by atoms with Crippen LogP contribution in [-0.2, 0) is 6.54 Å². The van der Waals surface area contributed by atoms with Gasteiger partial charge in [0, 0.05) is 30.8 Å². The van der Waals surface area contributed by atoms with Crippen LogP contribution < -0.4 is 15.0 Å². The molecule has 0 aliphatic rings. The van der Waals surface area contributed by atoms with Crippen LogP contribution >= 0.6 is 12.2 Å². The number of aromatic amines is 1. The fraction of sp³-hybridized carbons (Fsp3) is 0.375. The number of methoxy groups -OCH3 is 2. The van der Waals surface area contributed by atoms with E-state index in [1.54, 1.807) is 26.4 Å². The third kappa shape index (κ3) is 4.00. The Bertz CT molecular complexity index is 782. The SMILES string of the molecule is COc1ccc(-c2cc(=O)[nH]c(=S)n2CCCCO)c(OC)c1. The van der Waals surface area contributed by atoms with Gasteiger partial charge in [-0.15, -0.1) is 0 Å². The summed E-state index contributed by atoms with van der Waals surface area (Å²) in [6.07, 6.45) is 1.42. The highest BCUT2D eigenvalue weighted by Gasteiger charge is 2.13. The topological polar surface area (TPSA) is 76.5 Å². The minimum atomic E-state index is -0.263. The van der Waals surface area contributed by atoms with Gasteiger partial charge in [0.1, 0.15) is 11.5 Å². The van der Waals surface area contributed by atoms with Crippen LogP contribution in [0, 0.1) is 4.77 Å². The zero-order chi connectivity index (χ0) is 16.8. The molecule has 124 valence electrons. The van der Waals surface area contributed by atoms with Crippen molar-refractivity contribution >= 4 is 12.2 Å². The molecule has 2 aromatic rings. The number of rotatable bonds is 7. The van der Waals surface area contributed by atoms with E-state index in [1.807, 2.05) is 10.6 Å². The Kier molecular flexibility index (Phi) is 5.95. The van der Waals surface area contributed by atoms with Crippen molar-refractivity contribution in [2.24, 2.45) is 0 Å². The summed E-state index contributed by atoms with van der Waals surface area (Å²) in [4.78, 5) is 14.5. The number of hydrogen-bond donors (Lipinski definition) is 2. The third-order valence-corrected chi connectivity index (χ3v) is 3.83. The predicted molar refractivity (Wildman–Crippen MR) is 90.7 cm³/mol. The standard InChI is InChI=1S/C16H20N2O4S/c1-21-11-5-6-12(14(9-11)22-2)13-10-15(20)17-16(23)18(13)7-3-4-8-19/h5-6,9-10,19H,3-4,7-8H2,1-2H3,(H,17,20,23). The van der Waals surface area contributed by atoms with E-state index >= 15 is 0 Å². The zero-order valence-electron chi connectivity index (χ0n) is 13.2. The maximum Gasteiger partial charge on any atom is 0.252 e. The van der Waals surface area contributed by atoms with Crippen molar-refractivity contribution in [1.29, 1.82) is 0 Å². The lowest BCUT2D eigenvalue weighted by molar-refractivity contribution is 0.281. The Labute approximate surface area is 139 Å². The van der Waals surface area contributed by atoms with Crippen LogP contribution in [0.2, 0.25) is 0 Å². The Balaban J connectivity index is 2.57. The highest BCUT2D eigenvalue weighted by atomic mass is 32.1. The molecule has 2 N–H and O–H groups in total. The van der Waals surface area contributed by atoms with Crippen molar-refractivity contribution in [2.75, 3.05) is 20.8 Å². The fourth-order valence-corrected chi connectivity index (χ4v) is 2.65. The molecule has 0 saturated carbocycles. The summed E-state index contributed by atoms with van der Waals surface area (Å²) in [6, 6.07) is 6.90. The van der Waals surface area contributed by atoms with E-state index < -0.39 is 0 Å². The third-order valence-electron chi connectivity index (χ3n) is 3.51. The Morgan fingerprint density at radius 3 is 2.65 bits per heavy atom. The number of unbranched alkanes of at least 4 members (excludes halogenated alkanes) is 1. The zero-order valence-corrected chi connectivity index (χ0v) is 14.0. The molecule has 1 heterocycles. The molecular weight excluding hydrogens is 316 g/mol. The van der Waals surface area contributed by atoms with Gasteiger partial charge >= 0.3 is 0 Å². The Morgan fingerprint density at radius 1 is 1.22 bits per heavy atom. The number of benzene rings is 1. The summed E-state index contributed by atoms with van der Waals surface area (Å²) < 4.78 is 12.8. The number of nitrogens with one attached hydrogen (secondary N) is 1. The summed E-state index contributed by atoms with van der Waals surface area (Å²) >= 11 is 5.28. The van der Waals surface area contributed by atoms with Crippen LogP contribution in [0.1, 0.15) is 12.8 Å². The second-order valence-corrected chi connectivity index (χ2v) is 5.36. The average Bonchev–Trinajstić information content (AvgIpc) is 2.55. The number of hydrogen-bond acceptors (Lipinski definition) is 5. The van der Waals surface area contributed by atoms with E-state index in [4.69, 9.17) is 26.8 Å². The Hall–Kier alpha value is -2.12. The molecule has 7 heteroatoms. The lowest BCUT2D eigenvalue weighted by Gasteiger charge is -2.16. The van der Waals surface area contributed by atoms with Crippen molar-refractivity contribution in [3.05, 3.63) is 39.4 Å². The molecule has 1 aromatic heterocycles. The van der Waals surface area contributed by atoms with Crippen molar-refractivity contribution < 1.29 is 14.6 Å². The van der Waals surface area contributed by atoms with Crippen LogP contribution in [0.4, 0.5) is 0 Å². The first-order valence-electron chi connectivity index (χ1n) is 7.28. The number of ether oxygens (including phenoxy) is 2. The summed E-state index contributed by atoms with van der Waals surface area (Å²) in [5.41, 5.74) is 1.17. The molecule has 0 amide bonds. The van der Waals surface area contributed by atoms with E-state index in [2.05, 4.69) is 4.98 Å². The first-order valence-corrected chi connectivity index (χ1v) is 7.69. The van der Waals surface area contributed by atoms with Gasteiger partial charge in [0.2, 0.25) is 0 Å². The predicted octanol–water partition coefficient (Wildman–Crippen LogP) is 2.36. The molecule has 0 aliphatic carbocycles. The number of aliphatic hydroxyl groups is 1. The van der Waals surface area contributed by atoms with E-state index in [9.17, 15) is 4.79 Å². The smallest absolute Gasteiger partial charge is 0.252 e. The van der Waals surface area contributed by atoms with Crippen molar-refractivity contribution in [2.45, 2.75) is 19.4 Å². The molecular formula is C16H20N2O4S. The van der Waals surface area contributed by atoms with Gasteiger partial charge in [-0.3, -0.25) is 9.78 Å². The van der Waals surface area contributed by atoms with E-state index in [0.717, 1.165) is 12.0 Å². The second-order valence-electron chi connectivity index (χ2n) is 4.97. The van der Waals surface area contributed by atoms with Crippen LogP contribution in [0.5, 0.6) is 11.5 Å². The van der Waals surface area contributed by atoms with Gasteiger partial charge < -0.3 is 19.1 Å². The van der Waals surface area contributed by atoms with Crippen molar-refractivity contribution in [1.82, 2.24) is 9.55 Å². The molecule has 0 aliphatic heterocycles. The summed E-state index contributed by atoms with van der Waals surface area (Å²) in [7, 11) is 3.15. The molecule has 0 fully saturated rings. The normalized spacial score (nSPS) is 10.6. The largest absolute Gasteiger partial charge is 0.497 e. The molecule has 2 rings (SSSR count). The molecule has 23 heavy (non-hydrogen) atoms. The van der Waals surface area contributed by atoms with Gasteiger partial charge in [-0.1, -0.05) is 0 Å². The molecule has 0 saturated heterocycles. The molecule has 0 radical (unpaired) electrons. The summed E-state index contributed by atoms with van der Waals surface area (Å²) in [5.74, 6) is 1.26. The average molecular weight is 336 g/mol. The maximum atomic E-state index is 11.8. The molecule has 0 unspecified atom stereocenters. The van der Waals surface area contributed by atoms with Gasteiger partial charge in [0.25, 0.3) is 5.56 Å². The van der Waals surface area contributed by atoms with Crippen LogP contribution in [0.15, 0.2) is 29.1 Å². The minimum Gasteiger partial charge on any atom is -0.497 e. The highest BCUT2D eigenvalue weighted by Crippen LogP contribution is 2.32. The minimum absolute atomic E-state index is 0.123. The molecule has 0 bridgehead atoms. The summed E-state index contributed by atoms with van der Waals surface area (Å²) in [6.45, 7) is 0.721. The lowest BCUT2D eigenvalue weighted by atomic mass is 10.1. The van der Waals surface area contributed by atoms with Crippen LogP contribution in [0.3, 0.4) is 0 Å². The second kappa shape index (κ2) is 7.94. The van der Waals surface area contributed by atoms with Crippen LogP contribution in [-0.4, -0.2) is 35.5 Å². The van der Waals surface area contributed by atoms with Gasteiger partial charge in [-0.2, -0.15) is 0 Å². The van der Waals surface area contributed by atoms with Crippen molar-refractivity contribution in [3.8, 4) is 22.8 Å². The van der Waals surface area contributed by atoms with Gasteiger partial charge in [0.05, 0.1) is 19.9 Å². The first-order chi connectivity index (χ1) is 11.1. The fourth-order valence-electron chi connectivity index (χ4n) is 2.36. The number of aromatic nitrogens is 2. The number of H-pyrrole nitrogens is 1. The van der Waals surface area contributed by atoms with Crippen molar-refractivity contribution in [3.63, 3.8) is 0 Å². The van der Waals surface area contributed by atoms with Gasteiger partial charge in [0.15, 0.2) is 4.77 Å². The van der Waals surface area contributed by atoms with E-state index in [-0.39, 0.29) is 12.2 Å². The van der Waals surface area contributed by atoms with Gasteiger partial charge in [-0.05, 0) is 37.2 Å². The van der Waals surface area contributed by atoms with E-state index in [0.29, 0.717) is 34.9 Å². The molecule has 0 atom stereocenters. The molecule has 6 nitrogen and oxygen atoms in total. The highest BCUT2D eigenvalue weighted by molar-refractivity contribution is 7.71. The lowest BCUT2D eigenvalue weighted by Crippen LogP contribution is -2.15. The number of nitrogens with zero attached hydrogens (tertiary/aromatic N) is 1.